The van der Waals surface area contributed by atoms with Gasteiger partial charge < -0.3 is 15.1 Å². The van der Waals surface area contributed by atoms with Crippen LogP contribution in [0.1, 0.15) is 17.5 Å². The first-order valence-corrected chi connectivity index (χ1v) is 8.99. The number of carbonyl (C=O) groups excluding carboxylic acids is 1. The number of oxime groups is 1. The van der Waals surface area contributed by atoms with E-state index in [0.29, 0.717) is 6.42 Å². The fraction of sp³-hybridized carbons (Fsp3) is 0.238. The number of hydrogen-bond donors (Lipinski definition) is 1. The molecule has 0 saturated carbocycles. The minimum Gasteiger partial charge on any atom is -0.390 e. The zero-order valence-corrected chi connectivity index (χ0v) is 15.5. The van der Waals surface area contributed by atoms with Crippen molar-refractivity contribution in [2.75, 3.05) is 18.4 Å². The first kappa shape index (κ1) is 20.4. The van der Waals surface area contributed by atoms with E-state index in [1.54, 1.807) is 6.08 Å². The molecule has 2 aromatic rings. The van der Waals surface area contributed by atoms with E-state index in [0.717, 1.165) is 23.4 Å². The van der Waals surface area contributed by atoms with Crippen LogP contribution in [0.4, 0.5) is 23.7 Å². The highest BCUT2D eigenvalue weighted by atomic mass is 19.4. The number of benzene rings is 2. The number of alkyl halides is 3. The number of carbonyl (C=O) groups is 1. The lowest BCUT2D eigenvalue weighted by Gasteiger charge is -2.24. The van der Waals surface area contributed by atoms with Gasteiger partial charge in [-0.3, -0.25) is 0 Å². The Morgan fingerprint density at radius 1 is 1.24 bits per heavy atom. The number of anilines is 1. The lowest BCUT2D eigenvalue weighted by molar-refractivity contribution is -0.137. The van der Waals surface area contributed by atoms with E-state index in [4.69, 9.17) is 4.84 Å². The molecule has 1 unspecified atom stereocenters. The van der Waals surface area contributed by atoms with Gasteiger partial charge in [0.15, 0.2) is 6.10 Å². The van der Waals surface area contributed by atoms with Gasteiger partial charge in [-0.05, 0) is 23.8 Å². The predicted octanol–water partition coefficient (Wildman–Crippen LogP) is 4.92. The first-order valence-electron chi connectivity index (χ1n) is 8.99. The van der Waals surface area contributed by atoms with Gasteiger partial charge in [0.05, 0.1) is 17.8 Å². The monoisotopic (exact) mass is 403 g/mol. The summed E-state index contributed by atoms with van der Waals surface area (Å²) in [6, 6.07) is 13.5. The molecule has 3 rings (SSSR count). The topological polar surface area (TPSA) is 53.9 Å². The van der Waals surface area contributed by atoms with Crippen molar-refractivity contribution in [3.8, 4) is 0 Å². The fourth-order valence-corrected chi connectivity index (χ4v) is 2.95. The summed E-state index contributed by atoms with van der Waals surface area (Å²) in [5.41, 5.74) is 0.962. The van der Waals surface area contributed by atoms with E-state index in [1.807, 2.05) is 30.3 Å². The fourth-order valence-electron chi connectivity index (χ4n) is 2.95. The third-order valence-corrected chi connectivity index (χ3v) is 4.34. The average Bonchev–Trinajstić information content (AvgIpc) is 3.16. The quantitative estimate of drug-likeness (QED) is 0.696. The van der Waals surface area contributed by atoms with Crippen molar-refractivity contribution >= 4 is 17.4 Å². The lowest BCUT2D eigenvalue weighted by atomic mass is 10.1. The number of amides is 2. The minimum absolute atomic E-state index is 0.0625. The molecule has 2 aromatic carbocycles. The highest BCUT2D eigenvalue weighted by molar-refractivity contribution is 6.01. The molecule has 0 bridgehead atoms. The second-order valence-electron chi connectivity index (χ2n) is 6.54. The molecule has 1 aliphatic rings. The SMILES string of the molecule is C=CCN(CC1CC(c2ccccc2)=NO1)C(=O)Nc1cccc(C(F)(F)F)c1. The van der Waals surface area contributed by atoms with Gasteiger partial charge in [-0.15, -0.1) is 6.58 Å². The van der Waals surface area contributed by atoms with Crippen LogP contribution in [0.5, 0.6) is 0 Å². The van der Waals surface area contributed by atoms with Gasteiger partial charge >= 0.3 is 12.2 Å². The second kappa shape index (κ2) is 8.81. The van der Waals surface area contributed by atoms with E-state index >= 15 is 0 Å². The molecular weight excluding hydrogens is 383 g/mol. The van der Waals surface area contributed by atoms with E-state index in [-0.39, 0.29) is 24.9 Å². The molecule has 0 spiro atoms. The Kier molecular flexibility index (Phi) is 6.21. The summed E-state index contributed by atoms with van der Waals surface area (Å²) in [4.78, 5) is 19.5. The maximum absolute atomic E-state index is 12.9. The van der Waals surface area contributed by atoms with Crippen LogP contribution in [0.3, 0.4) is 0 Å². The molecule has 8 heteroatoms. The Labute approximate surface area is 166 Å². The van der Waals surface area contributed by atoms with Crippen molar-refractivity contribution in [2.45, 2.75) is 18.7 Å². The van der Waals surface area contributed by atoms with Crippen molar-refractivity contribution in [1.29, 1.82) is 0 Å². The van der Waals surface area contributed by atoms with Crippen LogP contribution in [0, 0.1) is 0 Å². The van der Waals surface area contributed by atoms with Crippen LogP contribution in [0.25, 0.3) is 0 Å². The van der Waals surface area contributed by atoms with Crippen LogP contribution in [-0.2, 0) is 11.0 Å². The maximum Gasteiger partial charge on any atom is 0.416 e. The number of urea groups is 1. The molecule has 0 saturated heterocycles. The molecule has 0 fully saturated rings. The third-order valence-electron chi connectivity index (χ3n) is 4.34. The highest BCUT2D eigenvalue weighted by Crippen LogP contribution is 2.30. The summed E-state index contributed by atoms with van der Waals surface area (Å²) in [5.74, 6) is 0. The van der Waals surface area contributed by atoms with E-state index in [1.165, 1.54) is 17.0 Å². The molecule has 5 nitrogen and oxygen atoms in total. The van der Waals surface area contributed by atoms with Crippen molar-refractivity contribution in [3.63, 3.8) is 0 Å². The Morgan fingerprint density at radius 2 is 2.00 bits per heavy atom. The van der Waals surface area contributed by atoms with Crippen molar-refractivity contribution in [2.24, 2.45) is 5.16 Å². The van der Waals surface area contributed by atoms with Crippen LogP contribution >= 0.6 is 0 Å². The smallest absolute Gasteiger partial charge is 0.390 e. The summed E-state index contributed by atoms with van der Waals surface area (Å²) in [5, 5.41) is 6.59. The molecule has 1 heterocycles. The van der Waals surface area contributed by atoms with Gasteiger partial charge in [-0.25, -0.2) is 4.79 Å². The number of halogens is 3. The van der Waals surface area contributed by atoms with Crippen LogP contribution in [-0.4, -0.2) is 35.8 Å². The highest BCUT2D eigenvalue weighted by Gasteiger charge is 2.31. The molecule has 0 aromatic heterocycles. The largest absolute Gasteiger partial charge is 0.416 e. The molecule has 0 aliphatic carbocycles. The van der Waals surface area contributed by atoms with E-state index in [9.17, 15) is 18.0 Å². The summed E-state index contributed by atoms with van der Waals surface area (Å²) in [7, 11) is 0. The lowest BCUT2D eigenvalue weighted by Crippen LogP contribution is -2.40. The van der Waals surface area contributed by atoms with Gasteiger partial charge in [-0.1, -0.05) is 47.6 Å². The zero-order valence-electron chi connectivity index (χ0n) is 15.5. The minimum atomic E-state index is -4.48. The van der Waals surface area contributed by atoms with Crippen molar-refractivity contribution < 1.29 is 22.8 Å². The molecule has 1 aliphatic heterocycles. The molecule has 1 N–H and O–H groups in total. The van der Waals surface area contributed by atoms with Crippen LogP contribution < -0.4 is 5.32 Å². The number of hydrogen-bond acceptors (Lipinski definition) is 3. The molecule has 2 amide bonds. The average molecular weight is 403 g/mol. The van der Waals surface area contributed by atoms with Gasteiger partial charge in [-0.2, -0.15) is 13.2 Å². The Morgan fingerprint density at radius 3 is 2.69 bits per heavy atom. The summed E-state index contributed by atoms with van der Waals surface area (Å²) in [6.45, 7) is 4.07. The molecule has 152 valence electrons. The van der Waals surface area contributed by atoms with Crippen molar-refractivity contribution in [3.05, 3.63) is 78.4 Å². The van der Waals surface area contributed by atoms with Gasteiger partial charge in [0.1, 0.15) is 0 Å². The van der Waals surface area contributed by atoms with E-state index in [2.05, 4.69) is 17.1 Å². The predicted molar refractivity (Wildman–Crippen MR) is 105 cm³/mol. The number of rotatable bonds is 6. The first-order chi connectivity index (χ1) is 13.9. The number of nitrogens with zero attached hydrogens (tertiary/aromatic N) is 2. The summed E-state index contributed by atoms with van der Waals surface area (Å²) >= 11 is 0. The summed E-state index contributed by atoms with van der Waals surface area (Å²) in [6.07, 6.45) is -2.77. The standard InChI is InChI=1S/C21H20F3N3O2/c1-2-11-27(14-18-13-19(26-29-18)15-7-4-3-5-8-15)20(28)25-17-10-6-9-16(12-17)21(22,23)24/h2-10,12,18H,1,11,13-14H2,(H,25,28). The normalized spacial score (nSPS) is 16.0. The number of nitrogens with one attached hydrogen (secondary N) is 1. The van der Waals surface area contributed by atoms with Gasteiger partial charge in [0.25, 0.3) is 0 Å². The molecule has 1 atom stereocenters. The maximum atomic E-state index is 12.9. The van der Waals surface area contributed by atoms with E-state index < -0.39 is 17.8 Å². The molecular formula is C21H20F3N3O2. The Bertz CT molecular complexity index is 898. The summed E-state index contributed by atoms with van der Waals surface area (Å²) < 4.78 is 38.6. The van der Waals surface area contributed by atoms with Crippen molar-refractivity contribution in [1.82, 2.24) is 4.90 Å². The van der Waals surface area contributed by atoms with Crippen LogP contribution in [0.15, 0.2) is 72.4 Å². The van der Waals surface area contributed by atoms with Crippen LogP contribution in [0.2, 0.25) is 0 Å². The third kappa shape index (κ3) is 5.37. The Hall–Kier alpha value is -3.29. The molecule has 0 radical (unpaired) electrons. The zero-order chi connectivity index (χ0) is 20.9. The van der Waals surface area contributed by atoms with Gasteiger partial charge in [0.2, 0.25) is 0 Å². The Balaban J connectivity index is 1.63. The second-order valence-corrected chi connectivity index (χ2v) is 6.54. The molecule has 29 heavy (non-hydrogen) atoms. The van der Waals surface area contributed by atoms with Gasteiger partial charge in [0, 0.05) is 18.7 Å².